The molecule has 2 unspecified atom stereocenters. The van der Waals surface area contributed by atoms with Gasteiger partial charge < -0.3 is 21.5 Å². The summed E-state index contributed by atoms with van der Waals surface area (Å²) in [5.41, 5.74) is 14.0. The van der Waals surface area contributed by atoms with Crippen molar-refractivity contribution in [3.8, 4) is 0 Å². The number of carbonyl (C=O) groups excluding carboxylic acids is 1. The first-order valence-corrected chi connectivity index (χ1v) is 12.3. The summed E-state index contributed by atoms with van der Waals surface area (Å²) in [4.78, 5) is 25.6. The Hall–Kier alpha value is -2.00. The molecule has 5 N–H and O–H groups in total. The van der Waals surface area contributed by atoms with E-state index < -0.39 is 18.1 Å². The van der Waals surface area contributed by atoms with Crippen molar-refractivity contribution in [3.05, 3.63) is 71.8 Å². The Labute approximate surface area is 185 Å². The highest BCUT2D eigenvalue weighted by molar-refractivity contribution is 8.76. The fourth-order valence-corrected chi connectivity index (χ4v) is 5.00. The Morgan fingerprint density at radius 1 is 0.800 bits per heavy atom. The molecular formula is C22H29N3O3S2. The van der Waals surface area contributed by atoms with Crippen LogP contribution in [0.3, 0.4) is 0 Å². The van der Waals surface area contributed by atoms with Gasteiger partial charge in [-0.15, -0.1) is 0 Å². The van der Waals surface area contributed by atoms with E-state index in [4.69, 9.17) is 16.6 Å². The van der Waals surface area contributed by atoms with Crippen LogP contribution in [-0.2, 0) is 22.4 Å². The summed E-state index contributed by atoms with van der Waals surface area (Å²) in [5.74, 6) is -0.440. The number of rotatable bonds is 13. The van der Waals surface area contributed by atoms with Crippen LogP contribution in [-0.4, -0.2) is 58.6 Å². The number of amides is 1. The fraction of sp³-hybridized carbons (Fsp3) is 0.364. The van der Waals surface area contributed by atoms with E-state index in [-0.39, 0.29) is 11.7 Å². The molecule has 0 radical (unpaired) electrons. The molecule has 162 valence electrons. The van der Waals surface area contributed by atoms with Gasteiger partial charge in [-0.25, -0.2) is 0 Å². The average molecular weight is 448 g/mol. The van der Waals surface area contributed by atoms with Crippen molar-refractivity contribution in [3.63, 3.8) is 0 Å². The Kier molecular flexibility index (Phi) is 10.8. The zero-order valence-corrected chi connectivity index (χ0v) is 18.5. The first-order valence-electron chi connectivity index (χ1n) is 9.82. The first-order chi connectivity index (χ1) is 14.5. The maximum atomic E-state index is 13.0. The largest absolute Gasteiger partial charge is 0.480 e. The van der Waals surface area contributed by atoms with Gasteiger partial charge in [0.2, 0.25) is 5.91 Å². The lowest BCUT2D eigenvalue weighted by Crippen LogP contribution is -2.46. The van der Waals surface area contributed by atoms with Crippen LogP contribution in [0.1, 0.15) is 11.1 Å². The van der Waals surface area contributed by atoms with Gasteiger partial charge in [0, 0.05) is 24.6 Å². The van der Waals surface area contributed by atoms with Gasteiger partial charge in [0.15, 0.2) is 0 Å². The molecule has 0 aliphatic carbocycles. The minimum Gasteiger partial charge on any atom is -0.480 e. The third-order valence-corrected chi connectivity index (χ3v) is 7.02. The second-order valence-electron chi connectivity index (χ2n) is 6.92. The van der Waals surface area contributed by atoms with Gasteiger partial charge >= 0.3 is 5.97 Å². The molecule has 8 heteroatoms. The molecule has 0 fully saturated rings. The van der Waals surface area contributed by atoms with E-state index in [1.807, 2.05) is 41.3 Å². The fourth-order valence-electron chi connectivity index (χ4n) is 2.77. The van der Waals surface area contributed by atoms with Gasteiger partial charge in [0.1, 0.15) is 6.04 Å². The number of carboxylic acid groups (broad SMARTS) is 1. The Morgan fingerprint density at radius 3 is 1.67 bits per heavy atom. The van der Waals surface area contributed by atoms with Crippen molar-refractivity contribution >= 4 is 33.5 Å². The molecule has 1 amide bonds. The average Bonchev–Trinajstić information content (AvgIpc) is 2.77. The molecule has 2 atom stereocenters. The van der Waals surface area contributed by atoms with Crippen molar-refractivity contribution in [2.75, 3.05) is 24.6 Å². The highest BCUT2D eigenvalue weighted by Gasteiger charge is 2.21. The van der Waals surface area contributed by atoms with E-state index in [0.717, 1.165) is 12.8 Å². The molecule has 0 aliphatic rings. The van der Waals surface area contributed by atoms with Gasteiger partial charge in [-0.3, -0.25) is 9.59 Å². The lowest BCUT2D eigenvalue weighted by atomic mass is 10.1. The van der Waals surface area contributed by atoms with Crippen LogP contribution in [0, 0.1) is 0 Å². The molecule has 2 aromatic carbocycles. The monoisotopic (exact) mass is 447 g/mol. The summed E-state index contributed by atoms with van der Waals surface area (Å²) in [5, 5.41) is 8.82. The topological polar surface area (TPSA) is 110 Å². The van der Waals surface area contributed by atoms with E-state index >= 15 is 0 Å². The van der Waals surface area contributed by atoms with Crippen molar-refractivity contribution in [1.82, 2.24) is 4.90 Å². The van der Waals surface area contributed by atoms with Crippen molar-refractivity contribution in [2.45, 2.75) is 24.9 Å². The number of aliphatic carboxylic acids is 1. The molecule has 0 aromatic heterocycles. The number of nitrogens with zero attached hydrogens (tertiary/aromatic N) is 1. The highest BCUT2D eigenvalue weighted by Crippen LogP contribution is 2.22. The summed E-state index contributed by atoms with van der Waals surface area (Å²) in [6, 6.07) is 18.6. The van der Waals surface area contributed by atoms with E-state index in [2.05, 4.69) is 24.3 Å². The third kappa shape index (κ3) is 8.79. The van der Waals surface area contributed by atoms with Crippen LogP contribution in [0.4, 0.5) is 0 Å². The normalized spacial score (nSPS) is 12.9. The molecule has 0 spiro atoms. The van der Waals surface area contributed by atoms with Gasteiger partial charge in [-0.05, 0) is 24.0 Å². The molecule has 2 rings (SSSR count). The van der Waals surface area contributed by atoms with Gasteiger partial charge in [-0.1, -0.05) is 82.3 Å². The Balaban J connectivity index is 1.89. The van der Waals surface area contributed by atoms with Crippen LogP contribution < -0.4 is 11.5 Å². The van der Waals surface area contributed by atoms with Crippen LogP contribution in [0.15, 0.2) is 60.7 Å². The van der Waals surface area contributed by atoms with Gasteiger partial charge in [0.25, 0.3) is 0 Å². The molecule has 30 heavy (non-hydrogen) atoms. The van der Waals surface area contributed by atoms with Crippen molar-refractivity contribution < 1.29 is 14.7 Å². The minimum atomic E-state index is -1.03. The molecule has 0 bridgehead atoms. The van der Waals surface area contributed by atoms with E-state index in [1.165, 1.54) is 32.7 Å². The molecule has 0 aliphatic heterocycles. The zero-order chi connectivity index (χ0) is 21.8. The van der Waals surface area contributed by atoms with Crippen LogP contribution in [0.5, 0.6) is 0 Å². The summed E-state index contributed by atoms with van der Waals surface area (Å²) in [6.45, 7) is 1.20. The summed E-state index contributed by atoms with van der Waals surface area (Å²) < 4.78 is 0. The van der Waals surface area contributed by atoms with E-state index in [1.54, 1.807) is 0 Å². The highest BCUT2D eigenvalue weighted by atomic mass is 33.1. The van der Waals surface area contributed by atoms with Crippen LogP contribution in [0.2, 0.25) is 0 Å². The molecule has 6 nitrogen and oxygen atoms in total. The maximum Gasteiger partial charge on any atom is 0.321 e. The second kappa shape index (κ2) is 13.3. The van der Waals surface area contributed by atoms with E-state index in [9.17, 15) is 9.59 Å². The number of hydrogen-bond donors (Lipinski definition) is 3. The van der Waals surface area contributed by atoms with Gasteiger partial charge in [0.05, 0.1) is 6.04 Å². The predicted molar refractivity (Wildman–Crippen MR) is 125 cm³/mol. The molecular weight excluding hydrogens is 418 g/mol. The minimum absolute atomic E-state index is 0.0857. The number of carbonyl (C=O) groups is 2. The smallest absolute Gasteiger partial charge is 0.321 e. The van der Waals surface area contributed by atoms with Crippen LogP contribution >= 0.6 is 21.6 Å². The van der Waals surface area contributed by atoms with Crippen LogP contribution in [0.25, 0.3) is 0 Å². The molecule has 2 aromatic rings. The van der Waals surface area contributed by atoms with E-state index in [0.29, 0.717) is 18.8 Å². The summed E-state index contributed by atoms with van der Waals surface area (Å²) in [7, 11) is 2.71. The van der Waals surface area contributed by atoms with Gasteiger partial charge in [-0.2, -0.15) is 0 Å². The summed E-state index contributed by atoms with van der Waals surface area (Å²) in [6.07, 6.45) is 1.53. The molecule has 0 saturated heterocycles. The number of benzene rings is 2. The van der Waals surface area contributed by atoms with Crippen molar-refractivity contribution in [1.29, 1.82) is 0 Å². The number of carboxylic acids is 1. The lowest BCUT2D eigenvalue weighted by molar-refractivity contribution is -0.138. The first kappa shape index (κ1) is 24.3. The Bertz CT molecular complexity index is 734. The van der Waals surface area contributed by atoms with Crippen molar-refractivity contribution in [2.24, 2.45) is 11.5 Å². The maximum absolute atomic E-state index is 13.0. The lowest BCUT2D eigenvalue weighted by Gasteiger charge is -2.26. The molecule has 0 saturated carbocycles. The second-order valence-corrected chi connectivity index (χ2v) is 9.47. The quantitative estimate of drug-likeness (QED) is 0.319. The summed E-state index contributed by atoms with van der Waals surface area (Å²) >= 11 is 0. The third-order valence-electron chi connectivity index (χ3n) is 4.55. The molecule has 0 heterocycles. The standard InChI is InChI=1S/C22H29N3O3S2/c23-19(15-29-30-16-20(24)22(27)28)21(26)25(13-11-17-7-3-1-4-8-17)14-12-18-9-5-2-6-10-18/h1-10,19-20H,11-16,23-24H2,(H,27,28). The zero-order valence-electron chi connectivity index (χ0n) is 16.9. The Morgan fingerprint density at radius 2 is 1.23 bits per heavy atom. The SMILES string of the molecule is NC(CSSCC(N)C(=O)N(CCc1ccccc1)CCc1ccccc1)C(=O)O. The number of nitrogens with two attached hydrogens (primary N) is 2. The number of hydrogen-bond acceptors (Lipinski definition) is 6. The predicted octanol–water partition coefficient (Wildman–Crippen LogP) is 2.42.